The highest BCUT2D eigenvalue weighted by atomic mass is 17.2. The fourth-order valence-electron chi connectivity index (χ4n) is 2.74. The monoisotopic (exact) mass is 336 g/mol. The molecule has 0 aromatic heterocycles. The van der Waals surface area contributed by atoms with Gasteiger partial charge in [-0.2, -0.15) is 0 Å². The molecule has 0 fully saturated rings. The molecule has 5 heteroatoms. The number of hydrogen-bond acceptors (Lipinski definition) is 5. The highest BCUT2D eigenvalue weighted by Gasteiger charge is 2.21. The van der Waals surface area contributed by atoms with Crippen LogP contribution in [0.15, 0.2) is 42.5 Å². The van der Waals surface area contributed by atoms with Crippen LogP contribution in [0.2, 0.25) is 0 Å². The first-order chi connectivity index (χ1) is 12.0. The molecule has 0 spiro atoms. The summed E-state index contributed by atoms with van der Waals surface area (Å²) in [5, 5.41) is 0. The number of Topliss-reactive ketones (excluding diaryl/α,β-unsaturated/α-hetero) is 1. The first-order valence-corrected chi connectivity index (χ1v) is 7.87. The van der Waals surface area contributed by atoms with E-state index in [4.69, 9.17) is 0 Å². The minimum atomic E-state index is -0.739. The largest absolute Gasteiger partial charge is 0.386 e. The highest BCUT2D eigenvalue weighted by Crippen LogP contribution is 2.26. The molecule has 0 bridgehead atoms. The van der Waals surface area contributed by atoms with E-state index in [1.807, 2.05) is 30.4 Å². The van der Waals surface area contributed by atoms with E-state index in [9.17, 15) is 14.4 Å². The van der Waals surface area contributed by atoms with Gasteiger partial charge in [0, 0.05) is 18.9 Å². The van der Waals surface area contributed by atoms with Crippen molar-refractivity contribution in [3.63, 3.8) is 0 Å². The van der Waals surface area contributed by atoms with Gasteiger partial charge in [0.05, 0.1) is 5.56 Å². The van der Waals surface area contributed by atoms with Crippen LogP contribution in [0.4, 0.5) is 0 Å². The average Bonchev–Trinajstić information content (AvgIpc) is 3.00. The van der Waals surface area contributed by atoms with E-state index in [1.54, 1.807) is 24.3 Å². The van der Waals surface area contributed by atoms with Gasteiger partial charge in [-0.3, -0.25) is 4.79 Å². The SMILES string of the molecule is CC(=O)OOC(=O)c1ccc(/C=C/c2cccc3c2C(=O)CC3)cc1. The standard InChI is InChI=1S/C20H16O5/c1-13(21)24-25-20(23)17-9-6-14(7-10-17)5-8-15-3-2-4-16-11-12-18(22)19(15)16/h2-10H,11-12H2,1H3/b8-5+. The molecule has 0 atom stereocenters. The van der Waals surface area contributed by atoms with Gasteiger partial charge in [-0.25, -0.2) is 19.4 Å². The predicted molar refractivity (Wildman–Crippen MR) is 91.6 cm³/mol. The Morgan fingerprint density at radius 3 is 2.44 bits per heavy atom. The summed E-state index contributed by atoms with van der Waals surface area (Å²) in [6, 6.07) is 12.5. The molecule has 0 saturated heterocycles. The summed E-state index contributed by atoms with van der Waals surface area (Å²) in [4.78, 5) is 42.9. The molecule has 1 aliphatic carbocycles. The van der Waals surface area contributed by atoms with Gasteiger partial charge in [0.1, 0.15) is 0 Å². The molecule has 1 aliphatic rings. The van der Waals surface area contributed by atoms with Crippen molar-refractivity contribution in [2.24, 2.45) is 0 Å². The first-order valence-electron chi connectivity index (χ1n) is 7.87. The Morgan fingerprint density at radius 2 is 1.72 bits per heavy atom. The Kier molecular flexibility index (Phi) is 4.75. The molecule has 126 valence electrons. The van der Waals surface area contributed by atoms with Crippen LogP contribution in [-0.4, -0.2) is 17.7 Å². The van der Waals surface area contributed by atoms with Crippen LogP contribution in [-0.2, 0) is 21.0 Å². The second-order valence-corrected chi connectivity index (χ2v) is 5.71. The quantitative estimate of drug-likeness (QED) is 0.486. The summed E-state index contributed by atoms with van der Waals surface area (Å²) in [7, 11) is 0. The average molecular weight is 336 g/mol. The minimum absolute atomic E-state index is 0.179. The smallest absolute Gasteiger partial charge is 0.294 e. The maximum atomic E-state index is 12.0. The zero-order valence-electron chi connectivity index (χ0n) is 13.7. The minimum Gasteiger partial charge on any atom is -0.294 e. The summed E-state index contributed by atoms with van der Waals surface area (Å²) >= 11 is 0. The van der Waals surface area contributed by atoms with Gasteiger partial charge < -0.3 is 0 Å². The van der Waals surface area contributed by atoms with Gasteiger partial charge in [-0.15, -0.1) is 0 Å². The van der Waals surface area contributed by atoms with E-state index in [2.05, 4.69) is 9.78 Å². The van der Waals surface area contributed by atoms with Crippen molar-refractivity contribution in [1.29, 1.82) is 0 Å². The molecule has 0 radical (unpaired) electrons. The van der Waals surface area contributed by atoms with Crippen molar-refractivity contribution in [3.8, 4) is 0 Å². The zero-order valence-corrected chi connectivity index (χ0v) is 13.7. The number of ketones is 1. The van der Waals surface area contributed by atoms with Crippen molar-refractivity contribution in [2.45, 2.75) is 19.8 Å². The summed E-state index contributed by atoms with van der Waals surface area (Å²) in [6.07, 6.45) is 5.14. The molecule has 2 aromatic rings. The third-order valence-corrected chi connectivity index (χ3v) is 3.92. The second-order valence-electron chi connectivity index (χ2n) is 5.71. The summed E-state index contributed by atoms with van der Waals surface area (Å²) in [5.41, 5.74) is 3.94. The lowest BCUT2D eigenvalue weighted by atomic mass is 10.0. The van der Waals surface area contributed by atoms with Gasteiger partial charge in [-0.05, 0) is 35.2 Å². The van der Waals surface area contributed by atoms with Crippen LogP contribution in [0.1, 0.15) is 50.8 Å². The Labute approximate surface area is 144 Å². The number of carbonyl (C=O) groups is 3. The fourth-order valence-corrected chi connectivity index (χ4v) is 2.74. The van der Waals surface area contributed by atoms with Crippen LogP contribution < -0.4 is 0 Å². The number of aryl methyl sites for hydroxylation is 1. The second kappa shape index (κ2) is 7.13. The third-order valence-electron chi connectivity index (χ3n) is 3.92. The summed E-state index contributed by atoms with van der Waals surface area (Å²) in [6.45, 7) is 1.15. The lowest BCUT2D eigenvalue weighted by molar-refractivity contribution is -0.231. The number of fused-ring (bicyclic) bond motifs is 1. The molecule has 0 heterocycles. The molecule has 2 aromatic carbocycles. The molecule has 5 nitrogen and oxygen atoms in total. The van der Waals surface area contributed by atoms with E-state index in [-0.39, 0.29) is 11.3 Å². The molecule has 0 unspecified atom stereocenters. The van der Waals surface area contributed by atoms with Gasteiger partial charge in [0.15, 0.2) is 5.78 Å². The van der Waals surface area contributed by atoms with Crippen molar-refractivity contribution in [3.05, 3.63) is 70.3 Å². The van der Waals surface area contributed by atoms with Crippen LogP contribution in [0, 0.1) is 0 Å². The van der Waals surface area contributed by atoms with E-state index < -0.39 is 11.9 Å². The van der Waals surface area contributed by atoms with Crippen molar-refractivity contribution in [1.82, 2.24) is 0 Å². The maximum Gasteiger partial charge on any atom is 0.386 e. The molecular formula is C20H16O5. The Hall–Kier alpha value is -3.21. The Balaban J connectivity index is 1.73. The summed E-state index contributed by atoms with van der Waals surface area (Å²) in [5.74, 6) is -1.26. The molecule has 3 rings (SSSR count). The first kappa shape index (κ1) is 16.6. The molecule has 0 N–H and O–H groups in total. The van der Waals surface area contributed by atoms with Crippen molar-refractivity contribution < 1.29 is 24.2 Å². The lowest BCUT2D eigenvalue weighted by Gasteiger charge is -2.03. The lowest BCUT2D eigenvalue weighted by Crippen LogP contribution is -2.08. The number of carbonyl (C=O) groups excluding carboxylic acids is 3. The van der Waals surface area contributed by atoms with Crippen molar-refractivity contribution in [2.75, 3.05) is 0 Å². The molecule has 0 amide bonds. The van der Waals surface area contributed by atoms with E-state index in [0.29, 0.717) is 6.42 Å². The maximum absolute atomic E-state index is 12.0. The number of rotatable bonds is 3. The van der Waals surface area contributed by atoms with Crippen LogP contribution in [0.25, 0.3) is 12.2 Å². The molecular weight excluding hydrogens is 320 g/mol. The fraction of sp³-hybridized carbons (Fsp3) is 0.150. The van der Waals surface area contributed by atoms with Crippen LogP contribution >= 0.6 is 0 Å². The normalized spacial score (nSPS) is 12.9. The van der Waals surface area contributed by atoms with E-state index in [1.165, 1.54) is 0 Å². The van der Waals surface area contributed by atoms with Gasteiger partial charge in [0.25, 0.3) is 0 Å². The molecule has 0 aliphatic heterocycles. The number of benzene rings is 2. The van der Waals surface area contributed by atoms with E-state index in [0.717, 1.165) is 35.6 Å². The van der Waals surface area contributed by atoms with Gasteiger partial charge in [0.2, 0.25) is 0 Å². The zero-order chi connectivity index (χ0) is 17.8. The predicted octanol–water partition coefficient (Wildman–Crippen LogP) is 3.62. The van der Waals surface area contributed by atoms with Gasteiger partial charge in [-0.1, -0.05) is 42.5 Å². The topological polar surface area (TPSA) is 69.7 Å². The third kappa shape index (κ3) is 3.83. The molecule has 25 heavy (non-hydrogen) atoms. The van der Waals surface area contributed by atoms with Crippen LogP contribution in [0.3, 0.4) is 0 Å². The Bertz CT molecular complexity index is 862. The summed E-state index contributed by atoms with van der Waals surface area (Å²) < 4.78 is 0. The number of hydrogen-bond donors (Lipinski definition) is 0. The van der Waals surface area contributed by atoms with E-state index >= 15 is 0 Å². The van der Waals surface area contributed by atoms with Crippen molar-refractivity contribution >= 4 is 29.9 Å². The van der Waals surface area contributed by atoms with Gasteiger partial charge >= 0.3 is 11.9 Å². The Morgan fingerprint density at radius 1 is 0.960 bits per heavy atom. The highest BCUT2D eigenvalue weighted by molar-refractivity contribution is 6.04. The van der Waals surface area contributed by atoms with Crippen LogP contribution in [0.5, 0.6) is 0 Å². The molecule has 0 saturated carbocycles.